The van der Waals surface area contributed by atoms with Gasteiger partial charge in [-0.1, -0.05) is 78.3 Å². The summed E-state index contributed by atoms with van der Waals surface area (Å²) < 4.78 is 12.6. The molecule has 134 valence electrons. The van der Waals surface area contributed by atoms with E-state index >= 15 is 0 Å². The number of hydrogen-bond acceptors (Lipinski definition) is 2. The number of benzene rings is 4. The van der Waals surface area contributed by atoms with Crippen LogP contribution >= 0.6 is 11.6 Å². The Bertz CT molecular complexity index is 1220. The molecule has 0 aromatic heterocycles. The van der Waals surface area contributed by atoms with Crippen LogP contribution in [0.3, 0.4) is 0 Å². The van der Waals surface area contributed by atoms with Crippen LogP contribution in [0.1, 0.15) is 22.3 Å². The molecule has 28 heavy (non-hydrogen) atoms. The highest BCUT2D eigenvalue weighted by atomic mass is 35.5. The minimum absolute atomic E-state index is 0.555. The van der Waals surface area contributed by atoms with Crippen LogP contribution < -0.4 is 9.47 Å². The van der Waals surface area contributed by atoms with E-state index in [2.05, 4.69) is 48.5 Å². The lowest BCUT2D eigenvalue weighted by atomic mass is 9.62. The number of hydrogen-bond donors (Lipinski definition) is 0. The number of rotatable bonds is 1. The Morgan fingerprint density at radius 1 is 0.571 bits per heavy atom. The van der Waals surface area contributed by atoms with E-state index in [-0.39, 0.29) is 0 Å². The standard InChI is InChI=1S/C25H15ClO2/c26-19-14-15-22-23-24(19)28-21-13-7-5-11-18(21)25(23,16-8-2-1-3-9-16)17-10-4-6-12-20(17)27-22/h1-15H. The molecule has 4 aromatic carbocycles. The monoisotopic (exact) mass is 382 g/mol. The molecule has 0 spiro atoms. The van der Waals surface area contributed by atoms with E-state index in [1.807, 2.05) is 42.5 Å². The molecule has 1 unspecified atom stereocenters. The smallest absolute Gasteiger partial charge is 0.154 e. The van der Waals surface area contributed by atoms with Crippen LogP contribution in [-0.4, -0.2) is 0 Å². The van der Waals surface area contributed by atoms with Crippen LogP contribution in [0.2, 0.25) is 5.02 Å². The summed E-state index contributed by atoms with van der Waals surface area (Å²) in [6.07, 6.45) is 0. The number of para-hydroxylation sites is 2. The van der Waals surface area contributed by atoms with E-state index in [0.29, 0.717) is 10.8 Å². The quantitative estimate of drug-likeness (QED) is 0.307. The summed E-state index contributed by atoms with van der Waals surface area (Å²) in [5, 5.41) is 0.580. The summed E-state index contributed by atoms with van der Waals surface area (Å²) in [6.45, 7) is 0. The van der Waals surface area contributed by atoms with Crippen molar-refractivity contribution in [1.29, 1.82) is 0 Å². The van der Waals surface area contributed by atoms with Gasteiger partial charge in [0.15, 0.2) is 5.75 Å². The van der Waals surface area contributed by atoms with E-state index in [1.54, 1.807) is 0 Å². The predicted molar refractivity (Wildman–Crippen MR) is 110 cm³/mol. The van der Waals surface area contributed by atoms with Crippen LogP contribution in [0.5, 0.6) is 23.0 Å². The third-order valence-corrected chi connectivity index (χ3v) is 5.96. The first-order chi connectivity index (χ1) is 13.8. The minimum atomic E-state index is -0.555. The fraction of sp³-hybridized carbons (Fsp3) is 0.0400. The van der Waals surface area contributed by atoms with E-state index in [1.165, 1.54) is 0 Å². The van der Waals surface area contributed by atoms with Gasteiger partial charge in [0, 0.05) is 11.1 Å². The molecule has 0 N–H and O–H groups in total. The molecule has 2 aliphatic rings. The van der Waals surface area contributed by atoms with Gasteiger partial charge in [0.1, 0.15) is 17.2 Å². The zero-order valence-corrected chi connectivity index (χ0v) is 15.6. The summed E-state index contributed by atoms with van der Waals surface area (Å²) >= 11 is 6.62. The molecule has 1 atom stereocenters. The average Bonchev–Trinajstić information content (AvgIpc) is 2.76. The molecule has 3 heteroatoms. The topological polar surface area (TPSA) is 18.5 Å². The highest BCUT2D eigenvalue weighted by molar-refractivity contribution is 6.32. The Labute approximate surface area is 167 Å². The molecule has 2 heterocycles. The zero-order chi connectivity index (χ0) is 18.7. The molecule has 2 aliphatic heterocycles. The van der Waals surface area contributed by atoms with Gasteiger partial charge >= 0.3 is 0 Å². The van der Waals surface area contributed by atoms with Crippen LogP contribution in [0.25, 0.3) is 0 Å². The lowest BCUT2D eigenvalue weighted by molar-refractivity contribution is 0.385. The Morgan fingerprint density at radius 2 is 1.18 bits per heavy atom. The van der Waals surface area contributed by atoms with Crippen LogP contribution in [0, 0.1) is 0 Å². The van der Waals surface area contributed by atoms with E-state index in [0.717, 1.165) is 39.5 Å². The minimum Gasteiger partial charge on any atom is -0.457 e. The van der Waals surface area contributed by atoms with Crippen LogP contribution in [0.4, 0.5) is 0 Å². The number of halogens is 1. The largest absolute Gasteiger partial charge is 0.457 e. The van der Waals surface area contributed by atoms with Crippen molar-refractivity contribution in [2.24, 2.45) is 0 Å². The molecule has 0 amide bonds. The Kier molecular flexibility index (Phi) is 3.18. The van der Waals surface area contributed by atoms with Crippen molar-refractivity contribution >= 4 is 11.6 Å². The lowest BCUT2D eigenvalue weighted by Gasteiger charge is -2.45. The molecule has 0 aliphatic carbocycles. The van der Waals surface area contributed by atoms with Crippen molar-refractivity contribution in [2.75, 3.05) is 0 Å². The van der Waals surface area contributed by atoms with Gasteiger partial charge in [0.25, 0.3) is 0 Å². The molecule has 0 radical (unpaired) electrons. The van der Waals surface area contributed by atoms with Crippen LogP contribution in [0.15, 0.2) is 91.0 Å². The summed E-state index contributed by atoms with van der Waals surface area (Å²) in [7, 11) is 0. The molecule has 4 aromatic rings. The van der Waals surface area contributed by atoms with Gasteiger partial charge in [-0.05, 0) is 29.8 Å². The molecule has 6 rings (SSSR count). The third kappa shape index (κ3) is 1.88. The van der Waals surface area contributed by atoms with Crippen molar-refractivity contribution in [1.82, 2.24) is 0 Å². The first kappa shape index (κ1) is 15.8. The van der Waals surface area contributed by atoms with Gasteiger partial charge in [-0.3, -0.25) is 0 Å². The highest BCUT2D eigenvalue weighted by Gasteiger charge is 2.51. The first-order valence-electron chi connectivity index (χ1n) is 9.23. The second-order valence-electron chi connectivity index (χ2n) is 7.06. The van der Waals surface area contributed by atoms with Crippen molar-refractivity contribution in [3.63, 3.8) is 0 Å². The molecule has 0 fully saturated rings. The molecule has 2 nitrogen and oxygen atoms in total. The Morgan fingerprint density at radius 3 is 1.89 bits per heavy atom. The van der Waals surface area contributed by atoms with E-state index in [4.69, 9.17) is 21.1 Å². The van der Waals surface area contributed by atoms with Crippen molar-refractivity contribution in [3.8, 4) is 23.0 Å². The van der Waals surface area contributed by atoms with Gasteiger partial charge < -0.3 is 9.47 Å². The average molecular weight is 383 g/mol. The molecule has 0 saturated heterocycles. The molecule has 0 bridgehead atoms. The molecular weight excluding hydrogens is 368 g/mol. The summed E-state index contributed by atoms with van der Waals surface area (Å²) in [6, 6.07) is 30.7. The second kappa shape index (κ2) is 5.63. The molecule has 0 saturated carbocycles. The predicted octanol–water partition coefficient (Wildman–Crippen LogP) is 6.93. The van der Waals surface area contributed by atoms with E-state index in [9.17, 15) is 0 Å². The van der Waals surface area contributed by atoms with E-state index < -0.39 is 5.41 Å². The van der Waals surface area contributed by atoms with Crippen molar-refractivity contribution < 1.29 is 9.47 Å². The maximum Gasteiger partial charge on any atom is 0.154 e. The van der Waals surface area contributed by atoms with Crippen molar-refractivity contribution in [2.45, 2.75) is 5.41 Å². The van der Waals surface area contributed by atoms with Gasteiger partial charge in [-0.2, -0.15) is 0 Å². The zero-order valence-electron chi connectivity index (χ0n) is 14.9. The highest BCUT2D eigenvalue weighted by Crippen LogP contribution is 2.63. The fourth-order valence-electron chi connectivity index (χ4n) is 4.60. The first-order valence-corrected chi connectivity index (χ1v) is 9.61. The normalized spacial score (nSPS) is 18.2. The number of fused-ring (bicyclic) bond motifs is 4. The summed E-state index contributed by atoms with van der Waals surface area (Å²) in [5.41, 5.74) is 3.75. The Hall–Kier alpha value is -3.23. The molecular formula is C25H15ClO2. The second-order valence-corrected chi connectivity index (χ2v) is 7.47. The van der Waals surface area contributed by atoms with Crippen LogP contribution in [-0.2, 0) is 5.41 Å². The maximum absolute atomic E-state index is 6.62. The van der Waals surface area contributed by atoms with Gasteiger partial charge in [0.2, 0.25) is 0 Å². The summed E-state index contributed by atoms with van der Waals surface area (Å²) in [5.74, 6) is 3.10. The summed E-state index contributed by atoms with van der Waals surface area (Å²) in [4.78, 5) is 0. The number of ether oxygens (including phenoxy) is 2. The SMILES string of the molecule is Clc1ccc2c3c1Oc1ccccc1C3(c1ccccc1)c1ccccc1O2. The fourth-order valence-corrected chi connectivity index (χ4v) is 4.79. The van der Waals surface area contributed by atoms with Gasteiger partial charge in [-0.25, -0.2) is 0 Å². The lowest BCUT2D eigenvalue weighted by Crippen LogP contribution is -2.37. The van der Waals surface area contributed by atoms with Gasteiger partial charge in [0.05, 0.1) is 16.0 Å². The Balaban J connectivity index is 1.87. The van der Waals surface area contributed by atoms with Crippen molar-refractivity contribution in [3.05, 3.63) is 118 Å². The third-order valence-electron chi connectivity index (χ3n) is 5.67. The van der Waals surface area contributed by atoms with Gasteiger partial charge in [-0.15, -0.1) is 0 Å². The maximum atomic E-state index is 6.62.